The molecule has 0 spiro atoms. The van der Waals surface area contributed by atoms with Crippen LogP contribution in [0.5, 0.6) is 0 Å². The molecule has 33 heavy (non-hydrogen) atoms. The number of imidazole rings is 1. The molecule has 3 aromatic rings. The van der Waals surface area contributed by atoms with E-state index in [1.165, 1.54) is 12.1 Å². The lowest BCUT2D eigenvalue weighted by molar-refractivity contribution is -0.385. The summed E-state index contributed by atoms with van der Waals surface area (Å²) in [4.78, 5) is 33.2. The lowest BCUT2D eigenvalue weighted by Gasteiger charge is -2.34. The number of fused-ring (bicyclic) bond motifs is 1. The van der Waals surface area contributed by atoms with Crippen LogP contribution in [0.25, 0.3) is 11.0 Å². The van der Waals surface area contributed by atoms with Gasteiger partial charge < -0.3 is 14.8 Å². The summed E-state index contributed by atoms with van der Waals surface area (Å²) in [5.41, 5.74) is 2.18. The lowest BCUT2D eigenvalue weighted by atomic mass is 10.1. The van der Waals surface area contributed by atoms with E-state index >= 15 is 0 Å². The Morgan fingerprint density at radius 2 is 1.82 bits per heavy atom. The number of anilines is 1. The molecule has 174 valence electrons. The number of nitro benzene ring substituents is 1. The highest BCUT2D eigenvalue weighted by atomic mass is 16.6. The molecule has 1 amide bonds. The van der Waals surface area contributed by atoms with Gasteiger partial charge in [0, 0.05) is 44.0 Å². The Kier molecular flexibility index (Phi) is 6.71. The first-order valence-corrected chi connectivity index (χ1v) is 11.4. The third-order valence-electron chi connectivity index (χ3n) is 6.16. The van der Waals surface area contributed by atoms with E-state index in [0.29, 0.717) is 5.69 Å². The maximum absolute atomic E-state index is 12.7. The van der Waals surface area contributed by atoms with Crippen LogP contribution in [0.3, 0.4) is 0 Å². The third kappa shape index (κ3) is 4.89. The molecule has 4 rings (SSSR count). The average molecular weight is 451 g/mol. The van der Waals surface area contributed by atoms with Crippen LogP contribution in [0, 0.1) is 10.1 Å². The van der Waals surface area contributed by atoms with Crippen molar-refractivity contribution in [1.29, 1.82) is 0 Å². The lowest BCUT2D eigenvalue weighted by Crippen LogP contribution is -2.45. The summed E-state index contributed by atoms with van der Waals surface area (Å²) in [6.45, 7) is 12.5. The predicted molar refractivity (Wildman–Crippen MR) is 129 cm³/mol. The van der Waals surface area contributed by atoms with Crippen molar-refractivity contribution >= 4 is 28.3 Å². The standard InChI is InChI=1S/C24H30N6O3/c1-4-27-11-13-28(14-12-27)16-23-26-20-15-18(9-10-22(20)29(23)17(2)3)25-24(31)19-7-5-6-8-21(19)30(32)33/h5-10,15,17H,4,11-14,16H2,1-3H3,(H,25,31). The van der Waals surface area contributed by atoms with Crippen molar-refractivity contribution in [3.63, 3.8) is 0 Å². The van der Waals surface area contributed by atoms with E-state index in [4.69, 9.17) is 4.98 Å². The molecule has 2 aromatic carbocycles. The van der Waals surface area contributed by atoms with Crippen LogP contribution in [0.4, 0.5) is 11.4 Å². The van der Waals surface area contributed by atoms with Crippen molar-refractivity contribution in [1.82, 2.24) is 19.4 Å². The second-order valence-corrected chi connectivity index (χ2v) is 8.63. The summed E-state index contributed by atoms with van der Waals surface area (Å²) in [7, 11) is 0. The molecule has 0 saturated carbocycles. The number of nitrogens with zero attached hydrogens (tertiary/aromatic N) is 5. The summed E-state index contributed by atoms with van der Waals surface area (Å²) in [5, 5.41) is 14.1. The van der Waals surface area contributed by atoms with Gasteiger partial charge in [-0.25, -0.2) is 4.98 Å². The number of para-hydroxylation sites is 1. The minimum atomic E-state index is -0.547. The maximum atomic E-state index is 12.7. The minimum absolute atomic E-state index is 0.0298. The van der Waals surface area contributed by atoms with E-state index < -0.39 is 10.8 Å². The molecule has 0 radical (unpaired) electrons. The molecule has 1 fully saturated rings. The first kappa shape index (κ1) is 22.9. The molecule has 1 aliphatic heterocycles. The molecular formula is C24H30N6O3. The Labute approximate surface area is 193 Å². The van der Waals surface area contributed by atoms with E-state index in [1.807, 2.05) is 18.2 Å². The number of likely N-dealkylation sites (N-methyl/N-ethyl adjacent to an activating group) is 1. The smallest absolute Gasteiger partial charge is 0.282 e. The monoisotopic (exact) mass is 450 g/mol. The van der Waals surface area contributed by atoms with Gasteiger partial charge >= 0.3 is 0 Å². The van der Waals surface area contributed by atoms with E-state index in [0.717, 1.165) is 56.1 Å². The summed E-state index contributed by atoms with van der Waals surface area (Å²) >= 11 is 0. The molecule has 0 aliphatic carbocycles. The predicted octanol–water partition coefficient (Wildman–Crippen LogP) is 3.92. The van der Waals surface area contributed by atoms with Crippen molar-refractivity contribution in [3.05, 3.63) is 64.0 Å². The zero-order valence-electron chi connectivity index (χ0n) is 19.3. The quantitative estimate of drug-likeness (QED) is 0.433. The highest BCUT2D eigenvalue weighted by Crippen LogP contribution is 2.26. The molecule has 1 saturated heterocycles. The van der Waals surface area contributed by atoms with E-state index in [9.17, 15) is 14.9 Å². The summed E-state index contributed by atoms with van der Waals surface area (Å²) in [5.74, 6) is 0.492. The Bertz CT molecular complexity index is 1160. The number of aromatic nitrogens is 2. The molecular weight excluding hydrogens is 420 g/mol. The van der Waals surface area contributed by atoms with Gasteiger partial charge in [-0.2, -0.15) is 0 Å². The van der Waals surface area contributed by atoms with Crippen LogP contribution in [0.15, 0.2) is 42.5 Å². The number of nitrogens with one attached hydrogen (secondary N) is 1. The van der Waals surface area contributed by atoms with Crippen LogP contribution in [-0.4, -0.2) is 62.9 Å². The SMILES string of the molecule is CCN1CCN(Cc2nc3cc(NC(=O)c4ccccc4[N+](=O)[O-])ccc3n2C(C)C)CC1. The normalized spacial score (nSPS) is 15.3. The zero-order chi connectivity index (χ0) is 23.5. The minimum Gasteiger partial charge on any atom is -0.324 e. The highest BCUT2D eigenvalue weighted by molar-refractivity contribution is 6.07. The van der Waals surface area contributed by atoms with Gasteiger partial charge in [0.25, 0.3) is 11.6 Å². The number of carbonyl (C=O) groups excluding carboxylic acids is 1. The fraction of sp³-hybridized carbons (Fsp3) is 0.417. The van der Waals surface area contributed by atoms with E-state index in [-0.39, 0.29) is 17.3 Å². The number of rotatable bonds is 7. The van der Waals surface area contributed by atoms with Crippen LogP contribution < -0.4 is 5.32 Å². The van der Waals surface area contributed by atoms with Gasteiger partial charge in [-0.05, 0) is 44.7 Å². The van der Waals surface area contributed by atoms with Gasteiger partial charge in [-0.1, -0.05) is 19.1 Å². The molecule has 1 N–H and O–H groups in total. The first-order valence-electron chi connectivity index (χ1n) is 11.4. The van der Waals surface area contributed by atoms with Crippen LogP contribution in [-0.2, 0) is 6.54 Å². The number of hydrogen-bond acceptors (Lipinski definition) is 6. The summed E-state index contributed by atoms with van der Waals surface area (Å²) in [6, 6.07) is 11.8. The van der Waals surface area contributed by atoms with Crippen molar-refractivity contribution in [2.24, 2.45) is 0 Å². The fourth-order valence-electron chi connectivity index (χ4n) is 4.40. The Hall–Kier alpha value is -3.30. The second-order valence-electron chi connectivity index (χ2n) is 8.63. The van der Waals surface area contributed by atoms with Gasteiger partial charge in [0.2, 0.25) is 0 Å². The van der Waals surface area contributed by atoms with Gasteiger partial charge in [-0.15, -0.1) is 0 Å². The molecule has 9 heteroatoms. The average Bonchev–Trinajstić information content (AvgIpc) is 3.16. The first-order chi connectivity index (χ1) is 15.9. The fourth-order valence-corrected chi connectivity index (χ4v) is 4.40. The Morgan fingerprint density at radius 3 is 2.48 bits per heavy atom. The number of carbonyl (C=O) groups is 1. The molecule has 2 heterocycles. The van der Waals surface area contributed by atoms with Crippen LogP contribution in [0.1, 0.15) is 43.0 Å². The summed E-state index contributed by atoms with van der Waals surface area (Å²) < 4.78 is 2.25. The molecule has 0 bridgehead atoms. The molecule has 1 aliphatic rings. The second kappa shape index (κ2) is 9.68. The van der Waals surface area contributed by atoms with E-state index in [2.05, 4.69) is 40.5 Å². The molecule has 9 nitrogen and oxygen atoms in total. The maximum Gasteiger partial charge on any atom is 0.282 e. The zero-order valence-corrected chi connectivity index (χ0v) is 19.3. The van der Waals surface area contributed by atoms with Gasteiger partial charge in [0.15, 0.2) is 0 Å². The number of hydrogen-bond donors (Lipinski definition) is 1. The number of amides is 1. The molecule has 0 atom stereocenters. The number of piperazine rings is 1. The third-order valence-corrected chi connectivity index (χ3v) is 6.16. The topological polar surface area (TPSA) is 96.5 Å². The van der Waals surface area contributed by atoms with Crippen molar-refractivity contribution in [2.45, 2.75) is 33.4 Å². The Morgan fingerprint density at radius 1 is 1.12 bits per heavy atom. The molecule has 0 unspecified atom stereocenters. The van der Waals surface area contributed by atoms with E-state index in [1.54, 1.807) is 12.1 Å². The van der Waals surface area contributed by atoms with Crippen molar-refractivity contribution < 1.29 is 9.72 Å². The molecule has 1 aromatic heterocycles. The van der Waals surface area contributed by atoms with Gasteiger partial charge in [-0.3, -0.25) is 19.8 Å². The van der Waals surface area contributed by atoms with Crippen molar-refractivity contribution in [2.75, 3.05) is 38.0 Å². The number of benzene rings is 2. The summed E-state index contributed by atoms with van der Waals surface area (Å²) in [6.07, 6.45) is 0. The number of nitro groups is 1. The Balaban J connectivity index is 1.58. The van der Waals surface area contributed by atoms with Crippen molar-refractivity contribution in [3.8, 4) is 0 Å². The van der Waals surface area contributed by atoms with Crippen LogP contribution >= 0.6 is 0 Å². The highest BCUT2D eigenvalue weighted by Gasteiger charge is 2.22. The largest absolute Gasteiger partial charge is 0.324 e. The van der Waals surface area contributed by atoms with Gasteiger partial charge in [0.05, 0.1) is 22.5 Å². The van der Waals surface area contributed by atoms with Crippen LogP contribution in [0.2, 0.25) is 0 Å². The van der Waals surface area contributed by atoms with Gasteiger partial charge in [0.1, 0.15) is 11.4 Å².